The van der Waals surface area contributed by atoms with Crippen molar-refractivity contribution >= 4 is 28.1 Å². The molecule has 0 saturated carbocycles. The minimum Gasteiger partial charge on any atom is -0.481 e. The van der Waals surface area contributed by atoms with Crippen LogP contribution in [0.15, 0.2) is 30.3 Å². The normalized spacial score (nSPS) is 15.1. The zero-order chi connectivity index (χ0) is 30.2. The first-order valence-electron chi connectivity index (χ1n) is 13.1. The summed E-state index contributed by atoms with van der Waals surface area (Å²) < 4.78 is 35.2. The van der Waals surface area contributed by atoms with Crippen molar-refractivity contribution in [1.82, 2.24) is 14.3 Å². The van der Waals surface area contributed by atoms with Gasteiger partial charge in [0.25, 0.3) is 10.2 Å². The van der Waals surface area contributed by atoms with Crippen molar-refractivity contribution in [1.29, 1.82) is 0 Å². The molecule has 4 N–H and O–H groups in total. The quantitative estimate of drug-likeness (QED) is 0.219. The highest BCUT2D eigenvalue weighted by molar-refractivity contribution is 7.87. The van der Waals surface area contributed by atoms with Crippen molar-refractivity contribution in [3.63, 3.8) is 0 Å². The van der Waals surface area contributed by atoms with E-state index in [-0.39, 0.29) is 32.0 Å². The number of esters is 1. The van der Waals surface area contributed by atoms with Crippen LogP contribution in [0.25, 0.3) is 0 Å². The van der Waals surface area contributed by atoms with Crippen LogP contribution < -0.4 is 10.0 Å². The summed E-state index contributed by atoms with van der Waals surface area (Å²) in [6, 6.07) is 8.10. The number of nitrogens with zero attached hydrogens (tertiary/aromatic N) is 1. The molecule has 0 spiro atoms. The van der Waals surface area contributed by atoms with Crippen LogP contribution in [-0.2, 0) is 35.8 Å². The van der Waals surface area contributed by atoms with E-state index in [0.717, 1.165) is 9.87 Å². The van der Waals surface area contributed by atoms with E-state index >= 15 is 0 Å². The van der Waals surface area contributed by atoms with E-state index < -0.39 is 57.1 Å². The maximum Gasteiger partial charge on any atom is 0.326 e. The molecule has 3 atom stereocenters. The lowest BCUT2D eigenvalue weighted by Crippen LogP contribution is -2.58. The summed E-state index contributed by atoms with van der Waals surface area (Å²) >= 11 is 0. The smallest absolute Gasteiger partial charge is 0.326 e. The molecule has 1 unspecified atom stereocenters. The van der Waals surface area contributed by atoms with Crippen LogP contribution in [0.1, 0.15) is 61.0 Å². The van der Waals surface area contributed by atoms with Crippen LogP contribution >= 0.6 is 0 Å². The van der Waals surface area contributed by atoms with Crippen LogP contribution in [0.4, 0.5) is 0 Å². The van der Waals surface area contributed by atoms with E-state index in [1.807, 2.05) is 32.0 Å². The number of carboxylic acids is 1. The molecule has 0 saturated heterocycles. The summed E-state index contributed by atoms with van der Waals surface area (Å²) in [6.45, 7) is 12.1. The maximum atomic E-state index is 13.4. The molecule has 1 amide bonds. The molecule has 0 radical (unpaired) electrons. The number of rotatable bonds is 16. The van der Waals surface area contributed by atoms with E-state index in [1.54, 1.807) is 19.1 Å². The molecule has 0 fully saturated rings. The molecule has 11 nitrogen and oxygen atoms in total. The number of carbonyl (C=O) groups excluding carboxylic acids is 2. The largest absolute Gasteiger partial charge is 0.481 e. The first-order valence-corrected chi connectivity index (χ1v) is 14.5. The van der Waals surface area contributed by atoms with E-state index in [2.05, 4.69) is 10.0 Å². The van der Waals surface area contributed by atoms with E-state index in [9.17, 15) is 33.0 Å². The number of aliphatic hydroxyl groups excluding tert-OH is 1. The van der Waals surface area contributed by atoms with Gasteiger partial charge in [-0.05, 0) is 52.5 Å². The van der Waals surface area contributed by atoms with Crippen LogP contribution in [-0.4, -0.2) is 78.2 Å². The summed E-state index contributed by atoms with van der Waals surface area (Å²) in [7, 11) is -4.29. The number of carboxylic acid groups (broad SMARTS) is 1. The van der Waals surface area contributed by atoms with Crippen LogP contribution in [0.3, 0.4) is 0 Å². The van der Waals surface area contributed by atoms with Gasteiger partial charge < -0.3 is 20.3 Å². The molecule has 0 aliphatic rings. The first-order chi connectivity index (χ1) is 17.8. The number of carbonyl (C=O) groups is 3. The second kappa shape index (κ2) is 14.2. The Morgan fingerprint density at radius 2 is 1.59 bits per heavy atom. The number of aliphatic carboxylic acids is 1. The number of benzene rings is 1. The van der Waals surface area contributed by atoms with Crippen LogP contribution in [0.2, 0.25) is 0 Å². The molecule has 1 aromatic rings. The summed E-state index contributed by atoms with van der Waals surface area (Å²) in [5, 5.41) is 23.6. The topological polar surface area (TPSA) is 162 Å². The van der Waals surface area contributed by atoms with E-state index in [0.29, 0.717) is 0 Å². The molecule has 0 bridgehead atoms. The summed E-state index contributed by atoms with van der Waals surface area (Å²) in [5.74, 6) is -3.54. The Morgan fingerprint density at radius 1 is 1.03 bits per heavy atom. The first kappa shape index (κ1) is 34.5. The molecule has 222 valence electrons. The van der Waals surface area contributed by atoms with Gasteiger partial charge in [-0.3, -0.25) is 14.4 Å². The Morgan fingerprint density at radius 3 is 2.08 bits per heavy atom. The van der Waals surface area contributed by atoms with Gasteiger partial charge in [-0.1, -0.05) is 51.1 Å². The van der Waals surface area contributed by atoms with Crippen molar-refractivity contribution in [2.45, 2.75) is 79.5 Å². The molecule has 39 heavy (non-hydrogen) atoms. The third-order valence-electron chi connectivity index (χ3n) is 6.59. The number of aliphatic hydroxyl groups is 1. The molecule has 0 aliphatic heterocycles. The lowest BCUT2D eigenvalue weighted by molar-refractivity contribution is -0.153. The molecule has 0 aromatic heterocycles. The Hall–Kier alpha value is -2.54. The highest BCUT2D eigenvalue weighted by Gasteiger charge is 2.41. The lowest BCUT2D eigenvalue weighted by atomic mass is 9.79. The van der Waals surface area contributed by atoms with Gasteiger partial charge in [0.15, 0.2) is 0 Å². The van der Waals surface area contributed by atoms with Crippen LogP contribution in [0.5, 0.6) is 0 Å². The molecular formula is C27H45N3O8S. The Kier molecular flexibility index (Phi) is 12.6. The Balaban J connectivity index is 3.30. The Labute approximate surface area is 232 Å². The van der Waals surface area contributed by atoms with Gasteiger partial charge in [-0.15, -0.1) is 0 Å². The number of nitrogens with one attached hydrogen (secondary N) is 2. The minimum atomic E-state index is -4.29. The average molecular weight is 572 g/mol. The predicted molar refractivity (Wildman–Crippen MR) is 148 cm³/mol. The predicted octanol–water partition coefficient (Wildman–Crippen LogP) is 1.96. The molecule has 1 rings (SSSR count). The van der Waals surface area contributed by atoms with Gasteiger partial charge in [0.2, 0.25) is 5.91 Å². The van der Waals surface area contributed by atoms with E-state index in [4.69, 9.17) is 4.74 Å². The summed E-state index contributed by atoms with van der Waals surface area (Å²) in [5.41, 5.74) is -2.15. The Bertz CT molecular complexity index is 1070. The van der Waals surface area contributed by atoms with Crippen molar-refractivity contribution < 1.29 is 37.8 Å². The molecule has 12 heteroatoms. The van der Waals surface area contributed by atoms with Gasteiger partial charge in [0.1, 0.15) is 5.54 Å². The standard InChI is InChI=1S/C27H45N3O8S/c1-9-38-25(35)27(7,8)29-39(36,37)30(16-18(2)3)17-22(31)21(15-20-13-11-10-12-14-20)28-23(32)19(4)26(5,6)24(33)34/h10-14,18-19,21-22,29,31H,9,15-17H2,1-8H3,(H,28,32)(H,33,34)/t19-,21-,22?/m0/s1. The number of amides is 1. The maximum absolute atomic E-state index is 13.4. The fourth-order valence-electron chi connectivity index (χ4n) is 3.73. The average Bonchev–Trinajstić information content (AvgIpc) is 2.82. The molecule has 0 aliphatic carbocycles. The second-order valence-corrected chi connectivity index (χ2v) is 13.0. The van der Waals surface area contributed by atoms with Crippen molar-refractivity contribution in [2.24, 2.45) is 17.3 Å². The zero-order valence-corrected chi connectivity index (χ0v) is 25.0. The van der Waals surface area contributed by atoms with Crippen LogP contribution in [0, 0.1) is 17.3 Å². The summed E-state index contributed by atoms with van der Waals surface area (Å²) in [6.07, 6.45) is -1.19. The fourth-order valence-corrected chi connectivity index (χ4v) is 5.43. The van der Waals surface area contributed by atoms with E-state index in [1.165, 1.54) is 34.6 Å². The number of hydrogen-bond acceptors (Lipinski definition) is 7. The van der Waals surface area contributed by atoms with Crippen molar-refractivity contribution in [3.8, 4) is 0 Å². The molecule has 1 aromatic carbocycles. The number of ether oxygens (including phenoxy) is 1. The SMILES string of the molecule is CCOC(=O)C(C)(C)NS(=O)(=O)N(CC(C)C)CC(O)[C@H](Cc1ccccc1)NC(=O)[C@H](C)C(C)(C)C(=O)O. The zero-order valence-electron chi connectivity index (χ0n) is 24.2. The summed E-state index contributed by atoms with van der Waals surface area (Å²) in [4.78, 5) is 37.1. The third-order valence-corrected chi connectivity index (χ3v) is 8.33. The lowest BCUT2D eigenvalue weighted by Gasteiger charge is -2.34. The fraction of sp³-hybridized carbons (Fsp3) is 0.667. The van der Waals surface area contributed by atoms with Crippen molar-refractivity contribution in [3.05, 3.63) is 35.9 Å². The van der Waals surface area contributed by atoms with Gasteiger partial charge >= 0.3 is 11.9 Å². The molecule has 0 heterocycles. The highest BCUT2D eigenvalue weighted by atomic mass is 32.2. The minimum absolute atomic E-state index is 0.0275. The van der Waals surface area contributed by atoms with Crippen molar-refractivity contribution in [2.75, 3.05) is 19.7 Å². The molecular weight excluding hydrogens is 526 g/mol. The number of hydrogen-bond donors (Lipinski definition) is 4. The monoisotopic (exact) mass is 571 g/mol. The second-order valence-electron chi connectivity index (χ2n) is 11.3. The van der Waals surface area contributed by atoms with Gasteiger partial charge in [0.05, 0.1) is 30.1 Å². The highest BCUT2D eigenvalue weighted by Crippen LogP contribution is 2.27. The van der Waals surface area contributed by atoms with Gasteiger partial charge in [-0.25, -0.2) is 0 Å². The van der Waals surface area contributed by atoms with Gasteiger partial charge in [-0.2, -0.15) is 17.4 Å². The van der Waals surface area contributed by atoms with Gasteiger partial charge in [0, 0.05) is 13.1 Å². The third kappa shape index (κ3) is 10.2.